The molecule has 0 aliphatic carbocycles. The van der Waals surface area contributed by atoms with Crippen molar-refractivity contribution in [3.63, 3.8) is 0 Å². The molecule has 2 aromatic rings. The summed E-state index contributed by atoms with van der Waals surface area (Å²) in [5.41, 5.74) is 6.49. The van der Waals surface area contributed by atoms with E-state index in [-0.39, 0.29) is 0 Å². The van der Waals surface area contributed by atoms with Crippen LogP contribution in [0.4, 0.5) is 0 Å². The number of aromatic nitrogens is 2. The van der Waals surface area contributed by atoms with Crippen LogP contribution in [0.15, 0.2) is 42.7 Å². The van der Waals surface area contributed by atoms with Crippen LogP contribution in [-0.2, 0) is 14.3 Å². The number of piperidine rings is 1. The van der Waals surface area contributed by atoms with E-state index in [4.69, 9.17) is 10.5 Å². The van der Waals surface area contributed by atoms with E-state index in [0.717, 1.165) is 18.5 Å². The third-order valence-electron chi connectivity index (χ3n) is 4.35. The van der Waals surface area contributed by atoms with Gasteiger partial charge < -0.3 is 15.4 Å². The summed E-state index contributed by atoms with van der Waals surface area (Å²) in [6, 6.07) is 7.86. The SMILES string of the molecule is NC(=O)[C@@H]1CCCCN1C(=O)COC(=O)c1ccc(-n2cccn2)cc1. The molecule has 1 fully saturated rings. The molecule has 2 heterocycles. The predicted octanol–water partition coefficient (Wildman–Crippen LogP) is 0.895. The van der Waals surface area contributed by atoms with Crippen molar-refractivity contribution < 1.29 is 19.1 Å². The molecule has 1 atom stereocenters. The molecule has 1 saturated heterocycles. The highest BCUT2D eigenvalue weighted by molar-refractivity contribution is 5.92. The smallest absolute Gasteiger partial charge is 0.338 e. The van der Waals surface area contributed by atoms with Crippen LogP contribution < -0.4 is 5.73 Å². The average Bonchev–Trinajstić information content (AvgIpc) is 3.20. The monoisotopic (exact) mass is 356 g/mol. The zero-order chi connectivity index (χ0) is 18.5. The van der Waals surface area contributed by atoms with Gasteiger partial charge in [-0.3, -0.25) is 9.59 Å². The predicted molar refractivity (Wildman–Crippen MR) is 92.4 cm³/mol. The third-order valence-corrected chi connectivity index (χ3v) is 4.35. The Hall–Kier alpha value is -3.16. The zero-order valence-corrected chi connectivity index (χ0v) is 14.2. The lowest BCUT2D eigenvalue weighted by atomic mass is 10.0. The molecule has 8 heteroatoms. The topological polar surface area (TPSA) is 108 Å². The molecule has 26 heavy (non-hydrogen) atoms. The lowest BCUT2D eigenvalue weighted by Gasteiger charge is -2.33. The van der Waals surface area contributed by atoms with Crippen molar-refractivity contribution in [2.24, 2.45) is 5.73 Å². The average molecular weight is 356 g/mol. The van der Waals surface area contributed by atoms with Crippen LogP contribution in [0.2, 0.25) is 0 Å². The van der Waals surface area contributed by atoms with E-state index < -0.39 is 30.4 Å². The Labute approximate surface area is 150 Å². The fourth-order valence-corrected chi connectivity index (χ4v) is 2.99. The van der Waals surface area contributed by atoms with Gasteiger partial charge in [0, 0.05) is 18.9 Å². The molecule has 1 aliphatic rings. The first kappa shape index (κ1) is 17.7. The normalized spacial score (nSPS) is 16.9. The van der Waals surface area contributed by atoms with Crippen LogP contribution in [0, 0.1) is 0 Å². The zero-order valence-electron chi connectivity index (χ0n) is 14.2. The summed E-state index contributed by atoms with van der Waals surface area (Å²) in [6.45, 7) is 0.0338. The van der Waals surface area contributed by atoms with Gasteiger partial charge in [0.15, 0.2) is 6.61 Å². The number of nitrogens with zero attached hydrogens (tertiary/aromatic N) is 3. The Bertz CT molecular complexity index is 786. The molecule has 1 aromatic heterocycles. The van der Waals surface area contributed by atoms with E-state index >= 15 is 0 Å². The van der Waals surface area contributed by atoms with Gasteiger partial charge >= 0.3 is 5.97 Å². The molecule has 136 valence electrons. The summed E-state index contributed by atoms with van der Waals surface area (Å²) in [6.07, 6.45) is 5.65. The first-order chi connectivity index (χ1) is 12.6. The van der Waals surface area contributed by atoms with Crippen molar-refractivity contribution in [2.45, 2.75) is 25.3 Å². The molecule has 0 radical (unpaired) electrons. The highest BCUT2D eigenvalue weighted by Crippen LogP contribution is 2.17. The van der Waals surface area contributed by atoms with Gasteiger partial charge in [0.05, 0.1) is 11.3 Å². The molecule has 8 nitrogen and oxygen atoms in total. The van der Waals surface area contributed by atoms with Gasteiger partial charge in [0.1, 0.15) is 6.04 Å². The van der Waals surface area contributed by atoms with Crippen LogP contribution in [0.1, 0.15) is 29.6 Å². The van der Waals surface area contributed by atoms with Crippen LogP contribution in [0.25, 0.3) is 5.69 Å². The quantitative estimate of drug-likeness (QED) is 0.801. The van der Waals surface area contributed by atoms with Crippen molar-refractivity contribution >= 4 is 17.8 Å². The molecule has 2 N–H and O–H groups in total. The number of likely N-dealkylation sites (tertiary alicyclic amines) is 1. The van der Waals surface area contributed by atoms with E-state index in [2.05, 4.69) is 5.10 Å². The largest absolute Gasteiger partial charge is 0.452 e. The van der Waals surface area contributed by atoms with Crippen molar-refractivity contribution in [1.82, 2.24) is 14.7 Å². The summed E-state index contributed by atoms with van der Waals surface area (Å²) in [5.74, 6) is -1.54. The Kier molecular flexibility index (Phi) is 5.31. The minimum atomic E-state index is -0.622. The highest BCUT2D eigenvalue weighted by atomic mass is 16.5. The Balaban J connectivity index is 1.58. The van der Waals surface area contributed by atoms with Gasteiger partial charge in [-0.1, -0.05) is 0 Å². The first-order valence-electron chi connectivity index (χ1n) is 8.42. The maximum absolute atomic E-state index is 12.3. The van der Waals surface area contributed by atoms with Gasteiger partial charge in [0.2, 0.25) is 5.91 Å². The van der Waals surface area contributed by atoms with Gasteiger partial charge in [-0.15, -0.1) is 0 Å². The number of hydrogen-bond acceptors (Lipinski definition) is 5. The minimum absolute atomic E-state index is 0.332. The molecule has 0 unspecified atom stereocenters. The molecule has 3 rings (SSSR count). The molecular formula is C18H20N4O4. The summed E-state index contributed by atoms with van der Waals surface area (Å²) >= 11 is 0. The van der Waals surface area contributed by atoms with Crippen molar-refractivity contribution in [2.75, 3.05) is 13.2 Å². The second kappa shape index (κ2) is 7.81. The summed E-state index contributed by atoms with van der Waals surface area (Å²) < 4.78 is 6.76. The van der Waals surface area contributed by atoms with Gasteiger partial charge in [-0.05, 0) is 49.6 Å². The Morgan fingerprint density at radius 3 is 2.62 bits per heavy atom. The second-order valence-corrected chi connectivity index (χ2v) is 6.07. The summed E-state index contributed by atoms with van der Waals surface area (Å²) in [4.78, 5) is 37.3. The van der Waals surface area contributed by atoms with E-state index in [0.29, 0.717) is 18.5 Å². The van der Waals surface area contributed by atoms with Crippen LogP contribution in [0.5, 0.6) is 0 Å². The number of nitrogens with two attached hydrogens (primary N) is 1. The molecule has 1 aromatic carbocycles. The fourth-order valence-electron chi connectivity index (χ4n) is 2.99. The fraction of sp³-hybridized carbons (Fsp3) is 0.333. The summed E-state index contributed by atoms with van der Waals surface area (Å²) in [7, 11) is 0. The Morgan fingerprint density at radius 1 is 1.19 bits per heavy atom. The lowest BCUT2D eigenvalue weighted by molar-refractivity contribution is -0.143. The number of carbonyl (C=O) groups is 3. The number of rotatable bonds is 5. The van der Waals surface area contributed by atoms with Gasteiger partial charge in [0.25, 0.3) is 5.91 Å². The number of benzene rings is 1. The lowest BCUT2D eigenvalue weighted by Crippen LogP contribution is -2.51. The van der Waals surface area contributed by atoms with Crippen molar-refractivity contribution in [3.8, 4) is 5.69 Å². The van der Waals surface area contributed by atoms with Crippen LogP contribution in [-0.4, -0.2) is 51.7 Å². The molecular weight excluding hydrogens is 336 g/mol. The van der Waals surface area contributed by atoms with E-state index in [1.54, 1.807) is 47.4 Å². The molecule has 0 spiro atoms. The Morgan fingerprint density at radius 2 is 1.96 bits per heavy atom. The van der Waals surface area contributed by atoms with E-state index in [9.17, 15) is 14.4 Å². The maximum atomic E-state index is 12.3. The van der Waals surface area contributed by atoms with Crippen LogP contribution in [0.3, 0.4) is 0 Å². The molecule has 0 bridgehead atoms. The molecule has 0 saturated carbocycles. The van der Waals surface area contributed by atoms with Gasteiger partial charge in [-0.2, -0.15) is 5.10 Å². The van der Waals surface area contributed by atoms with Crippen molar-refractivity contribution in [1.29, 1.82) is 0 Å². The first-order valence-corrected chi connectivity index (χ1v) is 8.42. The second-order valence-electron chi connectivity index (χ2n) is 6.07. The summed E-state index contributed by atoms with van der Waals surface area (Å²) in [5, 5.41) is 4.11. The highest BCUT2D eigenvalue weighted by Gasteiger charge is 2.31. The maximum Gasteiger partial charge on any atom is 0.338 e. The molecule has 2 amide bonds. The minimum Gasteiger partial charge on any atom is -0.452 e. The standard InChI is InChI=1S/C18H20N4O4/c19-17(24)15-4-1-2-10-21(15)16(23)12-26-18(25)13-5-7-14(8-6-13)22-11-3-9-20-22/h3,5-9,11,15H,1-2,4,10,12H2,(H2,19,24)/t15-/m0/s1. The van der Waals surface area contributed by atoms with E-state index in [1.165, 1.54) is 4.90 Å². The number of amides is 2. The van der Waals surface area contributed by atoms with Crippen LogP contribution >= 0.6 is 0 Å². The number of ether oxygens (including phenoxy) is 1. The number of carbonyl (C=O) groups excluding carboxylic acids is 3. The number of hydrogen-bond donors (Lipinski definition) is 1. The third kappa shape index (κ3) is 3.90. The number of primary amides is 1. The number of esters is 1. The van der Waals surface area contributed by atoms with Crippen molar-refractivity contribution in [3.05, 3.63) is 48.3 Å². The molecule has 1 aliphatic heterocycles. The van der Waals surface area contributed by atoms with Gasteiger partial charge in [-0.25, -0.2) is 9.48 Å². The van der Waals surface area contributed by atoms with E-state index in [1.807, 2.05) is 0 Å².